The van der Waals surface area contributed by atoms with Gasteiger partial charge in [-0.1, -0.05) is 0 Å². The Bertz CT molecular complexity index is 644. The highest BCUT2D eigenvalue weighted by atomic mass is 79.9. The van der Waals surface area contributed by atoms with E-state index in [-0.39, 0.29) is 0 Å². The molecule has 0 amide bonds. The van der Waals surface area contributed by atoms with Gasteiger partial charge in [-0.25, -0.2) is 9.20 Å². The summed E-state index contributed by atoms with van der Waals surface area (Å²) in [4.78, 5) is 5.99. The van der Waals surface area contributed by atoms with Crippen molar-refractivity contribution in [1.82, 2.24) is 4.90 Å². The van der Waals surface area contributed by atoms with E-state index in [0.29, 0.717) is 21.4 Å². The number of hydrogen-bond donors (Lipinski definition) is 1. The van der Waals surface area contributed by atoms with Crippen molar-refractivity contribution in [3.8, 4) is 6.07 Å². The van der Waals surface area contributed by atoms with E-state index in [1.165, 1.54) is 6.26 Å². The van der Waals surface area contributed by atoms with Gasteiger partial charge in [0.05, 0.1) is 17.6 Å². The second-order valence-corrected chi connectivity index (χ2v) is 7.35. The predicted molar refractivity (Wildman–Crippen MR) is 85.5 cm³/mol. The zero-order valence-electron chi connectivity index (χ0n) is 11.0. The van der Waals surface area contributed by atoms with Crippen LogP contribution in [0.4, 0.5) is 11.4 Å². The van der Waals surface area contributed by atoms with Gasteiger partial charge in [0.1, 0.15) is 6.07 Å². The van der Waals surface area contributed by atoms with E-state index in [2.05, 4.69) is 37.6 Å². The number of nitriles is 1. The van der Waals surface area contributed by atoms with Crippen molar-refractivity contribution >= 4 is 49.2 Å². The first kappa shape index (κ1) is 15.5. The Morgan fingerprint density at radius 1 is 1.58 bits per heavy atom. The third-order valence-corrected chi connectivity index (χ3v) is 3.24. The summed E-state index contributed by atoms with van der Waals surface area (Å²) in [7, 11) is 1.29. The fourth-order valence-electron chi connectivity index (χ4n) is 1.29. The van der Waals surface area contributed by atoms with Crippen molar-refractivity contribution in [1.29, 1.82) is 5.26 Å². The SMILES string of the molecule is C=S(C)(=O)Nc1cc(Br)c(C#N)c(N=CN(C)C)c1. The molecule has 0 aliphatic heterocycles. The minimum atomic E-state index is -2.38. The maximum atomic E-state index is 11.7. The first-order chi connectivity index (χ1) is 8.73. The summed E-state index contributed by atoms with van der Waals surface area (Å²) in [6.07, 6.45) is 3.10. The molecule has 1 aromatic rings. The van der Waals surface area contributed by atoms with E-state index in [1.807, 2.05) is 14.1 Å². The molecule has 5 nitrogen and oxygen atoms in total. The normalized spacial score (nSPS) is 13.8. The summed E-state index contributed by atoms with van der Waals surface area (Å²) in [5, 5.41) is 9.13. The van der Waals surface area contributed by atoms with Crippen LogP contribution in [0.25, 0.3) is 0 Å². The van der Waals surface area contributed by atoms with Gasteiger partial charge in [-0.05, 0) is 33.9 Å². The second kappa shape index (κ2) is 6.08. The molecule has 1 unspecified atom stereocenters. The van der Waals surface area contributed by atoms with Crippen LogP contribution in [-0.4, -0.2) is 41.7 Å². The lowest BCUT2D eigenvalue weighted by Crippen LogP contribution is -2.09. The minimum absolute atomic E-state index is 0.426. The molecule has 0 fully saturated rings. The number of hydrogen-bond acceptors (Lipinski definition) is 3. The second-order valence-electron chi connectivity index (χ2n) is 4.28. The fourth-order valence-corrected chi connectivity index (χ4v) is 2.45. The van der Waals surface area contributed by atoms with E-state index in [9.17, 15) is 4.21 Å². The quantitative estimate of drug-likeness (QED) is 0.518. The van der Waals surface area contributed by atoms with Crippen molar-refractivity contribution in [2.45, 2.75) is 0 Å². The third kappa shape index (κ3) is 4.93. The lowest BCUT2D eigenvalue weighted by molar-refractivity contribution is 0.643. The molecule has 7 heteroatoms. The molecule has 0 bridgehead atoms. The van der Waals surface area contributed by atoms with Gasteiger partial charge in [-0.3, -0.25) is 0 Å². The topological polar surface area (TPSA) is 68.5 Å². The van der Waals surface area contributed by atoms with Gasteiger partial charge in [0.2, 0.25) is 0 Å². The number of halogens is 1. The van der Waals surface area contributed by atoms with Gasteiger partial charge >= 0.3 is 0 Å². The first-order valence-electron chi connectivity index (χ1n) is 5.27. The molecule has 0 saturated heterocycles. The maximum Gasteiger partial charge on any atom is 0.103 e. The fraction of sp³-hybridized carbons (Fsp3) is 0.250. The standard InChI is InChI=1S/C12H15BrN4OS/c1-17(2)8-15-12-6-9(16-19(3,4)18)5-11(13)10(12)7-14/h5-6,8H,3H2,1-2,4H3,(H,16,18). The number of nitrogens with zero attached hydrogens (tertiary/aromatic N) is 3. The molecule has 1 aromatic carbocycles. The van der Waals surface area contributed by atoms with Crippen LogP contribution >= 0.6 is 15.9 Å². The van der Waals surface area contributed by atoms with Gasteiger partial charge in [-0.15, -0.1) is 0 Å². The van der Waals surface area contributed by atoms with Crippen LogP contribution < -0.4 is 4.72 Å². The molecule has 102 valence electrons. The molecule has 0 radical (unpaired) electrons. The summed E-state index contributed by atoms with van der Waals surface area (Å²) in [6, 6.07) is 5.43. The number of anilines is 1. The van der Waals surface area contributed by atoms with Crippen LogP contribution in [0, 0.1) is 11.3 Å². The number of benzene rings is 1. The third-order valence-electron chi connectivity index (χ3n) is 1.94. The van der Waals surface area contributed by atoms with Crippen LogP contribution in [-0.2, 0) is 9.71 Å². The monoisotopic (exact) mass is 342 g/mol. The largest absolute Gasteiger partial charge is 0.369 e. The van der Waals surface area contributed by atoms with E-state index < -0.39 is 9.71 Å². The smallest absolute Gasteiger partial charge is 0.103 e. The van der Waals surface area contributed by atoms with Gasteiger partial charge < -0.3 is 9.62 Å². The summed E-state index contributed by atoms with van der Waals surface area (Å²) < 4.78 is 15.0. The number of rotatable bonds is 4. The Labute approximate surface area is 122 Å². The molecule has 1 N–H and O–H groups in total. The van der Waals surface area contributed by atoms with Crippen molar-refractivity contribution in [3.63, 3.8) is 0 Å². The Morgan fingerprint density at radius 2 is 2.21 bits per heavy atom. The molecule has 1 atom stereocenters. The zero-order chi connectivity index (χ0) is 14.6. The average Bonchev–Trinajstić information content (AvgIpc) is 2.23. The van der Waals surface area contributed by atoms with Crippen molar-refractivity contribution in [3.05, 3.63) is 22.2 Å². The van der Waals surface area contributed by atoms with Gasteiger partial charge in [-0.2, -0.15) is 5.26 Å². The maximum absolute atomic E-state index is 11.7. The summed E-state index contributed by atoms with van der Waals surface area (Å²) in [5.74, 6) is 3.53. The molecule has 0 aromatic heterocycles. The zero-order valence-corrected chi connectivity index (χ0v) is 13.4. The summed E-state index contributed by atoms with van der Waals surface area (Å²) in [6.45, 7) is 0. The predicted octanol–water partition coefficient (Wildman–Crippen LogP) is 2.22. The van der Waals surface area contributed by atoms with Crippen LogP contribution in [0.5, 0.6) is 0 Å². The Kier molecular flexibility index (Phi) is 4.97. The molecule has 0 saturated carbocycles. The van der Waals surface area contributed by atoms with Gasteiger partial charge in [0.15, 0.2) is 0 Å². The highest BCUT2D eigenvalue weighted by Crippen LogP contribution is 2.31. The van der Waals surface area contributed by atoms with Crippen molar-refractivity contribution in [2.75, 3.05) is 25.1 Å². The van der Waals surface area contributed by atoms with Crippen LogP contribution in [0.1, 0.15) is 5.56 Å². The van der Waals surface area contributed by atoms with Gasteiger partial charge in [0, 0.05) is 40.2 Å². The van der Waals surface area contributed by atoms with E-state index in [0.717, 1.165) is 0 Å². The molecule has 0 heterocycles. The molecular weight excluding hydrogens is 328 g/mol. The lowest BCUT2D eigenvalue weighted by atomic mass is 10.2. The van der Waals surface area contributed by atoms with Crippen molar-refractivity contribution in [2.24, 2.45) is 4.99 Å². The van der Waals surface area contributed by atoms with Crippen LogP contribution in [0.2, 0.25) is 0 Å². The summed E-state index contributed by atoms with van der Waals surface area (Å²) in [5.41, 5.74) is 1.52. The van der Waals surface area contributed by atoms with E-state index >= 15 is 0 Å². The van der Waals surface area contributed by atoms with Gasteiger partial charge in [0.25, 0.3) is 0 Å². The number of aliphatic imine (C=N–C) groups is 1. The van der Waals surface area contributed by atoms with Crippen LogP contribution in [0.15, 0.2) is 21.6 Å². The Balaban J connectivity index is 3.31. The first-order valence-corrected chi connectivity index (χ1v) is 8.20. The highest BCUT2D eigenvalue weighted by Gasteiger charge is 2.09. The molecule has 19 heavy (non-hydrogen) atoms. The number of nitrogens with one attached hydrogen (secondary N) is 1. The Hall–Kier alpha value is -1.52. The molecule has 0 spiro atoms. The molecule has 0 aliphatic carbocycles. The highest BCUT2D eigenvalue weighted by molar-refractivity contribution is 9.10. The average molecular weight is 343 g/mol. The molecular formula is C12H15BrN4OS. The molecule has 0 aliphatic rings. The molecule has 1 rings (SSSR count). The van der Waals surface area contributed by atoms with Crippen molar-refractivity contribution < 1.29 is 4.21 Å². The van der Waals surface area contributed by atoms with E-state index in [4.69, 9.17) is 5.26 Å². The summed E-state index contributed by atoms with van der Waals surface area (Å²) >= 11 is 3.31. The lowest BCUT2D eigenvalue weighted by Gasteiger charge is -2.11. The van der Waals surface area contributed by atoms with Crippen LogP contribution in [0.3, 0.4) is 0 Å². The Morgan fingerprint density at radius 3 is 2.68 bits per heavy atom. The van der Waals surface area contributed by atoms with E-state index in [1.54, 1.807) is 23.4 Å². The minimum Gasteiger partial charge on any atom is -0.369 e.